The van der Waals surface area contributed by atoms with E-state index in [9.17, 15) is 0 Å². The Labute approximate surface area is 106 Å². The van der Waals surface area contributed by atoms with Gasteiger partial charge in [0.25, 0.3) is 0 Å². The first-order valence-electron chi connectivity index (χ1n) is 6.99. The largest absolute Gasteiger partial charge is 0.313 e. The molecule has 0 saturated carbocycles. The molecule has 0 aromatic heterocycles. The standard InChI is InChI=1S/C14H29NS/c1-5-9-15-13(11-12(3)6-2)14(4)8-7-10-16-14/h12-13,15H,5-11H2,1-4H3. The van der Waals surface area contributed by atoms with Gasteiger partial charge in [-0.05, 0) is 50.8 Å². The number of hydrogen-bond donors (Lipinski definition) is 1. The molecule has 1 N–H and O–H groups in total. The lowest BCUT2D eigenvalue weighted by atomic mass is 9.88. The molecule has 2 heteroatoms. The maximum Gasteiger partial charge on any atom is 0.0285 e. The topological polar surface area (TPSA) is 12.0 Å². The zero-order valence-corrected chi connectivity index (χ0v) is 12.3. The second-order valence-corrected chi connectivity index (χ2v) is 7.15. The lowest BCUT2D eigenvalue weighted by Gasteiger charge is -2.36. The van der Waals surface area contributed by atoms with Gasteiger partial charge in [0, 0.05) is 10.8 Å². The van der Waals surface area contributed by atoms with Crippen LogP contribution >= 0.6 is 11.8 Å². The summed E-state index contributed by atoms with van der Waals surface area (Å²) in [5.41, 5.74) is 0. The van der Waals surface area contributed by atoms with Crippen LogP contribution in [0, 0.1) is 5.92 Å². The van der Waals surface area contributed by atoms with Crippen LogP contribution < -0.4 is 5.32 Å². The van der Waals surface area contributed by atoms with Crippen molar-refractivity contribution in [1.29, 1.82) is 0 Å². The molecule has 1 aliphatic rings. The van der Waals surface area contributed by atoms with Crippen molar-refractivity contribution in [3.05, 3.63) is 0 Å². The highest BCUT2D eigenvalue weighted by molar-refractivity contribution is 8.00. The molecule has 1 aliphatic heterocycles. The van der Waals surface area contributed by atoms with Gasteiger partial charge in [-0.15, -0.1) is 0 Å². The molecule has 0 amide bonds. The van der Waals surface area contributed by atoms with Crippen molar-refractivity contribution in [3.8, 4) is 0 Å². The van der Waals surface area contributed by atoms with Gasteiger partial charge in [-0.1, -0.05) is 27.2 Å². The number of hydrogen-bond acceptors (Lipinski definition) is 2. The first-order chi connectivity index (χ1) is 7.62. The molecule has 1 nitrogen and oxygen atoms in total. The minimum absolute atomic E-state index is 0.499. The van der Waals surface area contributed by atoms with Crippen molar-refractivity contribution >= 4 is 11.8 Å². The van der Waals surface area contributed by atoms with Gasteiger partial charge in [0.05, 0.1) is 0 Å². The van der Waals surface area contributed by atoms with E-state index in [1.807, 2.05) is 0 Å². The molecule has 1 saturated heterocycles. The number of rotatable bonds is 7. The maximum absolute atomic E-state index is 3.80. The van der Waals surface area contributed by atoms with E-state index in [1.165, 1.54) is 44.4 Å². The highest BCUT2D eigenvalue weighted by atomic mass is 32.2. The van der Waals surface area contributed by atoms with Gasteiger partial charge in [-0.25, -0.2) is 0 Å². The summed E-state index contributed by atoms with van der Waals surface area (Å²) < 4.78 is 0.499. The first kappa shape index (κ1) is 14.4. The Kier molecular flexibility index (Phi) is 6.20. The SMILES string of the molecule is CCCNC(CC(C)CC)C1(C)CCCS1. The van der Waals surface area contributed by atoms with Crippen LogP contribution in [-0.4, -0.2) is 23.1 Å². The molecule has 0 bridgehead atoms. The predicted molar refractivity (Wildman–Crippen MR) is 76.3 cm³/mol. The fraction of sp³-hybridized carbons (Fsp3) is 1.00. The molecule has 0 radical (unpaired) electrons. The lowest BCUT2D eigenvalue weighted by Crippen LogP contribution is -2.46. The number of thioether (sulfide) groups is 1. The Balaban J connectivity index is 2.54. The minimum atomic E-state index is 0.499. The maximum atomic E-state index is 3.80. The third-order valence-corrected chi connectivity index (χ3v) is 5.60. The zero-order chi connectivity index (χ0) is 12.0. The molecule has 16 heavy (non-hydrogen) atoms. The summed E-state index contributed by atoms with van der Waals surface area (Å²) in [7, 11) is 0. The van der Waals surface area contributed by atoms with Crippen LogP contribution in [0.15, 0.2) is 0 Å². The van der Waals surface area contributed by atoms with Gasteiger partial charge >= 0.3 is 0 Å². The third-order valence-electron chi connectivity index (χ3n) is 3.96. The Morgan fingerprint density at radius 1 is 1.38 bits per heavy atom. The van der Waals surface area contributed by atoms with E-state index in [-0.39, 0.29) is 0 Å². The van der Waals surface area contributed by atoms with Crippen LogP contribution in [0.3, 0.4) is 0 Å². The van der Waals surface area contributed by atoms with Crippen LogP contribution in [0.4, 0.5) is 0 Å². The van der Waals surface area contributed by atoms with Crippen molar-refractivity contribution in [1.82, 2.24) is 5.32 Å². The molecule has 3 unspecified atom stereocenters. The highest BCUT2D eigenvalue weighted by Gasteiger charge is 2.37. The summed E-state index contributed by atoms with van der Waals surface area (Å²) in [4.78, 5) is 0. The first-order valence-corrected chi connectivity index (χ1v) is 7.98. The van der Waals surface area contributed by atoms with Gasteiger partial charge in [-0.2, -0.15) is 11.8 Å². The van der Waals surface area contributed by atoms with Gasteiger partial charge < -0.3 is 5.32 Å². The predicted octanol–water partition coefficient (Wildman–Crippen LogP) is 4.08. The Morgan fingerprint density at radius 3 is 2.62 bits per heavy atom. The number of nitrogens with one attached hydrogen (secondary N) is 1. The molecule has 0 aromatic rings. The summed E-state index contributed by atoms with van der Waals surface area (Å²) in [5.74, 6) is 2.22. The molecular formula is C14H29NS. The summed E-state index contributed by atoms with van der Waals surface area (Å²) in [5, 5.41) is 3.80. The molecule has 3 atom stereocenters. The van der Waals surface area contributed by atoms with Gasteiger partial charge in [0.15, 0.2) is 0 Å². The van der Waals surface area contributed by atoms with Gasteiger partial charge in [0.2, 0.25) is 0 Å². The molecule has 1 heterocycles. The molecular weight excluding hydrogens is 214 g/mol. The van der Waals surface area contributed by atoms with Crippen LogP contribution in [0.25, 0.3) is 0 Å². The fourth-order valence-corrected chi connectivity index (χ4v) is 3.94. The lowest BCUT2D eigenvalue weighted by molar-refractivity contribution is 0.329. The summed E-state index contributed by atoms with van der Waals surface area (Å²) >= 11 is 2.19. The van der Waals surface area contributed by atoms with E-state index in [0.717, 1.165) is 12.0 Å². The average Bonchev–Trinajstić information content (AvgIpc) is 2.72. The van der Waals surface area contributed by atoms with Gasteiger partial charge in [0.1, 0.15) is 0 Å². The van der Waals surface area contributed by atoms with Crippen LogP contribution in [-0.2, 0) is 0 Å². The quantitative estimate of drug-likeness (QED) is 0.723. The smallest absolute Gasteiger partial charge is 0.0285 e. The second-order valence-electron chi connectivity index (χ2n) is 5.52. The van der Waals surface area contributed by atoms with Crippen molar-refractivity contribution in [2.45, 2.75) is 70.6 Å². The van der Waals surface area contributed by atoms with Crippen LogP contribution in [0.2, 0.25) is 0 Å². The van der Waals surface area contributed by atoms with Crippen LogP contribution in [0.5, 0.6) is 0 Å². The minimum Gasteiger partial charge on any atom is -0.313 e. The van der Waals surface area contributed by atoms with E-state index in [4.69, 9.17) is 0 Å². The van der Waals surface area contributed by atoms with Crippen molar-refractivity contribution in [2.75, 3.05) is 12.3 Å². The summed E-state index contributed by atoms with van der Waals surface area (Å²) in [6.45, 7) is 10.6. The van der Waals surface area contributed by atoms with E-state index in [2.05, 4.69) is 44.8 Å². The molecule has 0 spiro atoms. The van der Waals surface area contributed by atoms with E-state index >= 15 is 0 Å². The molecule has 0 aromatic carbocycles. The zero-order valence-electron chi connectivity index (χ0n) is 11.5. The van der Waals surface area contributed by atoms with Crippen molar-refractivity contribution in [2.24, 2.45) is 5.92 Å². The van der Waals surface area contributed by atoms with Gasteiger partial charge in [-0.3, -0.25) is 0 Å². The Morgan fingerprint density at radius 2 is 2.12 bits per heavy atom. The van der Waals surface area contributed by atoms with E-state index in [1.54, 1.807) is 0 Å². The molecule has 1 fully saturated rings. The Hall–Kier alpha value is 0.310. The molecule has 0 aliphatic carbocycles. The summed E-state index contributed by atoms with van der Waals surface area (Å²) in [6.07, 6.45) is 6.71. The average molecular weight is 243 g/mol. The van der Waals surface area contributed by atoms with E-state index < -0.39 is 0 Å². The Bertz CT molecular complexity index is 187. The normalized spacial score (nSPS) is 29.2. The molecule has 1 rings (SSSR count). The fourth-order valence-electron chi connectivity index (χ4n) is 2.51. The van der Waals surface area contributed by atoms with E-state index in [0.29, 0.717) is 4.75 Å². The van der Waals surface area contributed by atoms with Crippen molar-refractivity contribution in [3.63, 3.8) is 0 Å². The van der Waals surface area contributed by atoms with Crippen LogP contribution in [0.1, 0.15) is 59.8 Å². The molecule has 96 valence electrons. The monoisotopic (exact) mass is 243 g/mol. The van der Waals surface area contributed by atoms with Crippen molar-refractivity contribution < 1.29 is 0 Å². The third kappa shape index (κ3) is 3.96. The summed E-state index contributed by atoms with van der Waals surface area (Å²) in [6, 6.07) is 0.717. The highest BCUT2D eigenvalue weighted by Crippen LogP contribution is 2.42. The second kappa shape index (κ2) is 6.90.